The molecule has 3 aromatic carbocycles. The highest BCUT2D eigenvalue weighted by Gasteiger charge is 2.14. The summed E-state index contributed by atoms with van der Waals surface area (Å²) in [4.78, 5) is 23.9. The summed E-state index contributed by atoms with van der Waals surface area (Å²) in [5.41, 5.74) is 0.262. The lowest BCUT2D eigenvalue weighted by atomic mass is 10.2. The first-order chi connectivity index (χ1) is 21.0. The predicted molar refractivity (Wildman–Crippen MR) is 159 cm³/mol. The van der Waals surface area contributed by atoms with E-state index in [1.807, 2.05) is 12.1 Å². The smallest absolute Gasteiger partial charge is 0.343 e. The van der Waals surface area contributed by atoms with Gasteiger partial charge in [-0.3, -0.25) is 0 Å². The summed E-state index contributed by atoms with van der Waals surface area (Å²) in [5.74, 6) is 1.43. The van der Waals surface area contributed by atoms with Gasteiger partial charge in [-0.2, -0.15) is 0 Å². The Balaban J connectivity index is 1.37. The van der Waals surface area contributed by atoms with Gasteiger partial charge in [0.05, 0.1) is 32.1 Å². The maximum Gasteiger partial charge on any atom is 0.343 e. The first kappa shape index (κ1) is 32.6. The van der Waals surface area contributed by atoms with Crippen LogP contribution in [0.15, 0.2) is 92.2 Å². The summed E-state index contributed by atoms with van der Waals surface area (Å²) in [7, 11) is 1.46. The number of carbonyl (C=O) groups is 2. The Hall–Kier alpha value is -4.96. The van der Waals surface area contributed by atoms with E-state index in [1.54, 1.807) is 30.3 Å². The van der Waals surface area contributed by atoms with Gasteiger partial charge in [0.1, 0.15) is 23.0 Å². The first-order valence-corrected chi connectivity index (χ1v) is 13.7. The average molecular weight is 593 g/mol. The molecule has 0 saturated heterocycles. The third-order valence-corrected chi connectivity index (χ3v) is 5.81. The molecule has 0 N–H and O–H groups in total. The van der Waals surface area contributed by atoms with E-state index < -0.39 is 11.9 Å². The van der Waals surface area contributed by atoms with Crippen LogP contribution in [0.1, 0.15) is 36.0 Å². The molecule has 0 aromatic heterocycles. The molecule has 0 radical (unpaired) electrons. The van der Waals surface area contributed by atoms with E-state index >= 15 is 0 Å². The minimum atomic E-state index is -0.610. The minimum absolute atomic E-state index is 0.0469. The molecule has 3 rings (SSSR count). The van der Waals surface area contributed by atoms with Crippen molar-refractivity contribution >= 4 is 11.9 Å². The zero-order valence-corrected chi connectivity index (χ0v) is 24.2. The molecular formula is C33H36O10. The third kappa shape index (κ3) is 11.8. The van der Waals surface area contributed by atoms with Crippen LogP contribution in [-0.4, -0.2) is 45.8 Å². The largest absolute Gasteiger partial charge is 0.494 e. The number of rotatable bonds is 20. The van der Waals surface area contributed by atoms with Gasteiger partial charge >= 0.3 is 11.9 Å². The van der Waals surface area contributed by atoms with Gasteiger partial charge in [-0.05, 0) is 79.9 Å². The summed E-state index contributed by atoms with van der Waals surface area (Å²) < 4.78 is 43.2. The molecule has 0 atom stereocenters. The Bertz CT molecular complexity index is 1300. The number of hydrogen-bond donors (Lipinski definition) is 0. The minimum Gasteiger partial charge on any atom is -0.494 e. The van der Waals surface area contributed by atoms with Crippen LogP contribution in [0.3, 0.4) is 0 Å². The van der Waals surface area contributed by atoms with E-state index in [0.29, 0.717) is 30.5 Å². The quantitative estimate of drug-likeness (QED) is 0.0361. The van der Waals surface area contributed by atoms with Crippen molar-refractivity contribution in [3.8, 4) is 34.5 Å². The van der Waals surface area contributed by atoms with Crippen molar-refractivity contribution in [1.29, 1.82) is 0 Å². The summed E-state index contributed by atoms with van der Waals surface area (Å²) in [6.45, 7) is 8.31. The number of benzene rings is 3. The van der Waals surface area contributed by atoms with Gasteiger partial charge in [0.2, 0.25) is 6.79 Å². The molecule has 0 aliphatic rings. The average Bonchev–Trinajstić information content (AvgIpc) is 3.03. The van der Waals surface area contributed by atoms with E-state index in [4.69, 9.17) is 37.9 Å². The Kier molecular flexibility index (Phi) is 14.0. The molecule has 0 spiro atoms. The van der Waals surface area contributed by atoms with Gasteiger partial charge < -0.3 is 37.9 Å². The number of unbranched alkanes of at least 4 members (excludes halogenated alkanes) is 3. The highest BCUT2D eigenvalue weighted by atomic mass is 16.7. The topological polar surface area (TPSA) is 108 Å². The SMILES string of the molecule is C=COCOCCCCCCOc1ccc(OCOc2ccc(OC(=O)c3ccc(OC(=O)C=C)cc3)c(OC)c2)cc1. The molecule has 228 valence electrons. The molecular weight excluding hydrogens is 556 g/mol. The van der Waals surface area contributed by atoms with Crippen molar-refractivity contribution in [3.63, 3.8) is 0 Å². The molecule has 0 bridgehead atoms. The molecule has 0 aliphatic carbocycles. The summed E-state index contributed by atoms with van der Waals surface area (Å²) >= 11 is 0. The highest BCUT2D eigenvalue weighted by molar-refractivity contribution is 5.91. The fraction of sp³-hybridized carbons (Fsp3) is 0.273. The maximum absolute atomic E-state index is 12.6. The fourth-order valence-corrected chi connectivity index (χ4v) is 3.60. The van der Waals surface area contributed by atoms with E-state index in [1.165, 1.54) is 37.6 Å². The molecule has 10 heteroatoms. The van der Waals surface area contributed by atoms with Gasteiger partial charge in [-0.25, -0.2) is 9.59 Å². The number of methoxy groups -OCH3 is 1. The van der Waals surface area contributed by atoms with Crippen molar-refractivity contribution in [3.05, 3.63) is 97.8 Å². The summed E-state index contributed by atoms with van der Waals surface area (Å²) in [6.07, 6.45) is 6.48. The zero-order chi connectivity index (χ0) is 30.7. The van der Waals surface area contributed by atoms with E-state index in [2.05, 4.69) is 13.2 Å². The molecule has 0 unspecified atom stereocenters. The molecule has 0 aliphatic heterocycles. The molecule has 0 saturated carbocycles. The zero-order valence-electron chi connectivity index (χ0n) is 24.2. The van der Waals surface area contributed by atoms with E-state index in [0.717, 1.165) is 37.5 Å². The fourth-order valence-electron chi connectivity index (χ4n) is 3.60. The van der Waals surface area contributed by atoms with Crippen molar-refractivity contribution in [2.45, 2.75) is 25.7 Å². The molecule has 43 heavy (non-hydrogen) atoms. The van der Waals surface area contributed by atoms with E-state index in [-0.39, 0.29) is 30.6 Å². The lowest BCUT2D eigenvalue weighted by Crippen LogP contribution is -2.10. The van der Waals surface area contributed by atoms with Gasteiger partial charge in [-0.1, -0.05) is 19.6 Å². The number of ether oxygens (including phenoxy) is 8. The first-order valence-electron chi connectivity index (χ1n) is 13.7. The molecule has 0 heterocycles. The molecule has 3 aromatic rings. The van der Waals surface area contributed by atoms with Gasteiger partial charge in [0.15, 0.2) is 18.3 Å². The normalized spacial score (nSPS) is 10.3. The Morgan fingerprint density at radius 3 is 1.98 bits per heavy atom. The molecule has 0 amide bonds. The highest BCUT2D eigenvalue weighted by Crippen LogP contribution is 2.32. The van der Waals surface area contributed by atoms with Crippen LogP contribution in [0.25, 0.3) is 0 Å². The van der Waals surface area contributed by atoms with Crippen LogP contribution in [-0.2, 0) is 14.3 Å². The van der Waals surface area contributed by atoms with Gasteiger partial charge in [-0.15, -0.1) is 0 Å². The van der Waals surface area contributed by atoms with Crippen LogP contribution >= 0.6 is 0 Å². The Labute approximate surface area is 251 Å². The number of carbonyl (C=O) groups excluding carboxylic acids is 2. The maximum atomic E-state index is 12.6. The van der Waals surface area contributed by atoms with Crippen molar-refractivity contribution in [2.24, 2.45) is 0 Å². The van der Waals surface area contributed by atoms with Crippen LogP contribution in [0.4, 0.5) is 0 Å². The summed E-state index contributed by atoms with van der Waals surface area (Å²) in [6, 6.07) is 18.0. The lowest BCUT2D eigenvalue weighted by molar-refractivity contribution is -0.128. The van der Waals surface area contributed by atoms with Crippen LogP contribution in [0, 0.1) is 0 Å². The second-order valence-corrected chi connectivity index (χ2v) is 8.85. The van der Waals surface area contributed by atoms with Crippen LogP contribution in [0.2, 0.25) is 0 Å². The molecule has 10 nitrogen and oxygen atoms in total. The summed E-state index contributed by atoms with van der Waals surface area (Å²) in [5, 5.41) is 0. The van der Waals surface area contributed by atoms with Crippen molar-refractivity contribution in [1.82, 2.24) is 0 Å². The number of esters is 2. The third-order valence-electron chi connectivity index (χ3n) is 5.81. The molecule has 0 fully saturated rings. The second-order valence-electron chi connectivity index (χ2n) is 8.85. The number of hydrogen-bond acceptors (Lipinski definition) is 10. The Morgan fingerprint density at radius 2 is 1.30 bits per heavy atom. The van der Waals surface area contributed by atoms with E-state index in [9.17, 15) is 9.59 Å². The second kappa shape index (κ2) is 18.5. The van der Waals surface area contributed by atoms with Crippen LogP contribution < -0.4 is 28.4 Å². The Morgan fingerprint density at radius 1 is 0.674 bits per heavy atom. The monoisotopic (exact) mass is 592 g/mol. The van der Waals surface area contributed by atoms with Crippen molar-refractivity contribution < 1.29 is 47.5 Å². The lowest BCUT2D eigenvalue weighted by Gasteiger charge is -2.13. The van der Waals surface area contributed by atoms with Gasteiger partial charge in [0, 0.05) is 12.1 Å². The van der Waals surface area contributed by atoms with Crippen LogP contribution in [0.5, 0.6) is 34.5 Å². The predicted octanol–water partition coefficient (Wildman–Crippen LogP) is 6.49. The van der Waals surface area contributed by atoms with Gasteiger partial charge in [0.25, 0.3) is 0 Å². The van der Waals surface area contributed by atoms with Crippen molar-refractivity contribution in [2.75, 3.05) is 33.9 Å². The standard InChI is InChI=1S/C33H36O10/c1-4-32(34)42-28-12-10-25(11-13-28)33(35)43-30-19-18-29(22-31(30)36-3)41-24-40-27-16-14-26(15-17-27)39-21-9-7-6-8-20-38-23-37-5-2/h4-5,10-19,22H,1-2,6-9,20-21,23-24H2,3H3.